The maximum Gasteiger partial charge on any atom is 0.420 e. The summed E-state index contributed by atoms with van der Waals surface area (Å²) in [5, 5.41) is 0.537. The highest BCUT2D eigenvalue weighted by molar-refractivity contribution is 8.10. The molecule has 0 aromatic carbocycles. The van der Waals surface area contributed by atoms with Crippen LogP contribution in [0, 0.1) is 0 Å². The van der Waals surface area contributed by atoms with Gasteiger partial charge in [0.1, 0.15) is 5.56 Å². The zero-order valence-corrected chi connectivity index (χ0v) is 12.2. The predicted octanol–water partition coefficient (Wildman–Crippen LogP) is 2.53. The molecule has 1 saturated heterocycles. The van der Waals surface area contributed by atoms with Gasteiger partial charge in [-0.1, -0.05) is 0 Å². The van der Waals surface area contributed by atoms with Crippen LogP contribution in [0.15, 0.2) is 5.38 Å². The molecule has 0 bridgehead atoms. The van der Waals surface area contributed by atoms with E-state index >= 15 is 0 Å². The Bertz CT molecular complexity index is 649. The van der Waals surface area contributed by atoms with Gasteiger partial charge < -0.3 is 13.7 Å². The summed E-state index contributed by atoms with van der Waals surface area (Å²) in [6.07, 6.45) is -5.39. The van der Waals surface area contributed by atoms with E-state index in [4.69, 9.17) is 20.2 Å². The summed E-state index contributed by atoms with van der Waals surface area (Å²) >= 11 is 0.330. The molecule has 0 radical (unpaired) electrons. The third-order valence-electron chi connectivity index (χ3n) is 2.31. The minimum Gasteiger partial charge on any atom is -0.431 e. The van der Waals surface area contributed by atoms with Crippen molar-refractivity contribution in [2.45, 2.75) is 18.9 Å². The van der Waals surface area contributed by atoms with Gasteiger partial charge >= 0.3 is 21.5 Å². The highest BCUT2D eigenvalue weighted by atomic mass is 35.7. The van der Waals surface area contributed by atoms with Crippen molar-refractivity contribution in [3.63, 3.8) is 0 Å². The highest BCUT2D eigenvalue weighted by Crippen LogP contribution is 2.43. The Hall–Kier alpha value is -1.04. The maximum absolute atomic E-state index is 12.8. The molecule has 0 saturated carbocycles. The Labute approximate surface area is 125 Å². The Balaban J connectivity index is 2.35. The van der Waals surface area contributed by atoms with Gasteiger partial charge in [0.15, 0.2) is 10.6 Å². The lowest BCUT2D eigenvalue weighted by Crippen LogP contribution is -2.31. The van der Waals surface area contributed by atoms with Crippen molar-refractivity contribution in [3.05, 3.63) is 15.8 Å². The molecule has 1 fully saturated rings. The van der Waals surface area contributed by atoms with Gasteiger partial charge in [-0.3, -0.25) is 0 Å². The summed E-state index contributed by atoms with van der Waals surface area (Å²) in [5.74, 6) is -2.39. The van der Waals surface area contributed by atoms with E-state index < -0.39 is 44.0 Å². The molecule has 21 heavy (non-hydrogen) atoms. The van der Waals surface area contributed by atoms with E-state index in [-0.39, 0.29) is 0 Å². The summed E-state index contributed by atoms with van der Waals surface area (Å²) in [5.41, 5.74) is -1.43. The van der Waals surface area contributed by atoms with Crippen molar-refractivity contribution in [2.24, 2.45) is 0 Å². The zero-order valence-electron chi connectivity index (χ0n) is 9.85. The highest BCUT2D eigenvalue weighted by Gasteiger charge is 2.40. The number of rotatable bonds is 4. The number of carbonyl (C=O) groups is 1. The van der Waals surface area contributed by atoms with Crippen LogP contribution in [0.1, 0.15) is 21.7 Å². The number of halogens is 4. The van der Waals surface area contributed by atoms with Crippen LogP contribution in [0.25, 0.3) is 0 Å². The SMILES string of the molecule is O=C(OC1CCO1)c1scc(C(F)(F)F)c1OS(=O)(=O)Cl. The Morgan fingerprint density at radius 3 is 2.52 bits per heavy atom. The third-order valence-corrected chi connectivity index (χ3v) is 3.81. The van der Waals surface area contributed by atoms with Crippen molar-refractivity contribution in [2.75, 3.05) is 6.61 Å². The first-order valence-electron chi connectivity index (χ1n) is 5.23. The largest absolute Gasteiger partial charge is 0.431 e. The molecular formula is C9H6ClF3O6S2. The lowest BCUT2D eigenvalue weighted by atomic mass is 10.2. The second-order valence-electron chi connectivity index (χ2n) is 3.78. The summed E-state index contributed by atoms with van der Waals surface area (Å²) in [6, 6.07) is 0. The molecule has 2 rings (SSSR count). The van der Waals surface area contributed by atoms with Crippen LogP contribution in [0.2, 0.25) is 0 Å². The first-order valence-corrected chi connectivity index (χ1v) is 8.34. The summed E-state index contributed by atoms with van der Waals surface area (Å²) < 4.78 is 73.5. The number of alkyl halides is 3. The van der Waals surface area contributed by atoms with E-state index in [2.05, 4.69) is 4.18 Å². The number of hydrogen-bond donors (Lipinski definition) is 0. The molecule has 1 aliphatic heterocycles. The first-order chi connectivity index (χ1) is 9.58. The first kappa shape index (κ1) is 16.3. The Morgan fingerprint density at radius 1 is 1.48 bits per heavy atom. The lowest BCUT2D eigenvalue weighted by Gasteiger charge is -2.25. The minimum atomic E-state index is -4.92. The molecule has 1 aromatic heterocycles. The van der Waals surface area contributed by atoms with E-state index in [0.29, 0.717) is 29.7 Å². The molecule has 1 atom stereocenters. The Kier molecular flexibility index (Phi) is 4.38. The number of carbonyl (C=O) groups excluding carboxylic acids is 1. The average molecular weight is 367 g/mol. The normalized spacial score (nSPS) is 19.0. The summed E-state index contributed by atoms with van der Waals surface area (Å²) in [7, 11) is 0.0119. The van der Waals surface area contributed by atoms with Crippen LogP contribution in [-0.2, 0) is 25.0 Å². The fourth-order valence-corrected chi connectivity index (χ4v) is 2.84. The molecule has 1 aliphatic rings. The monoisotopic (exact) mass is 366 g/mol. The molecular weight excluding hydrogens is 361 g/mol. The quantitative estimate of drug-likeness (QED) is 0.602. The molecule has 0 spiro atoms. The molecule has 6 nitrogen and oxygen atoms in total. The van der Waals surface area contributed by atoms with Gasteiger partial charge in [-0.05, 0) is 0 Å². The summed E-state index contributed by atoms with van der Waals surface area (Å²) in [6.45, 7) is 0.357. The van der Waals surface area contributed by atoms with Gasteiger partial charge in [0.25, 0.3) is 0 Å². The van der Waals surface area contributed by atoms with Crippen LogP contribution in [0.3, 0.4) is 0 Å². The van der Waals surface area contributed by atoms with Gasteiger partial charge in [0.05, 0.1) is 17.3 Å². The second-order valence-corrected chi connectivity index (χ2v) is 6.74. The third kappa shape index (κ3) is 3.99. The molecule has 0 amide bonds. The topological polar surface area (TPSA) is 78.9 Å². The molecule has 118 valence electrons. The Morgan fingerprint density at radius 2 is 2.10 bits per heavy atom. The van der Waals surface area contributed by atoms with Crippen LogP contribution in [0.4, 0.5) is 13.2 Å². The second kappa shape index (κ2) is 5.63. The van der Waals surface area contributed by atoms with Crippen molar-refractivity contribution in [3.8, 4) is 5.75 Å². The summed E-state index contributed by atoms with van der Waals surface area (Å²) in [4.78, 5) is 11.1. The molecule has 0 aliphatic carbocycles. The van der Waals surface area contributed by atoms with Gasteiger partial charge in [0.2, 0.25) is 6.29 Å². The van der Waals surface area contributed by atoms with Crippen molar-refractivity contribution >= 4 is 37.3 Å². The lowest BCUT2D eigenvalue weighted by molar-refractivity contribution is -0.184. The molecule has 12 heteroatoms. The number of esters is 1. The van der Waals surface area contributed by atoms with Gasteiger partial charge in [0, 0.05) is 11.8 Å². The number of hydrogen-bond acceptors (Lipinski definition) is 7. The molecule has 1 unspecified atom stereocenters. The minimum absolute atomic E-state index is 0.330. The van der Waals surface area contributed by atoms with E-state index in [1.165, 1.54) is 0 Å². The van der Waals surface area contributed by atoms with Crippen LogP contribution in [-0.4, -0.2) is 27.3 Å². The van der Waals surface area contributed by atoms with Crippen LogP contribution >= 0.6 is 22.0 Å². The van der Waals surface area contributed by atoms with E-state index in [1.54, 1.807) is 0 Å². The van der Waals surface area contributed by atoms with Crippen molar-refractivity contribution < 1.29 is 40.0 Å². The number of ether oxygens (including phenoxy) is 2. The fraction of sp³-hybridized carbons (Fsp3) is 0.444. The van der Waals surface area contributed by atoms with E-state index in [9.17, 15) is 26.4 Å². The van der Waals surface area contributed by atoms with Crippen molar-refractivity contribution in [1.82, 2.24) is 0 Å². The smallest absolute Gasteiger partial charge is 0.420 e. The van der Waals surface area contributed by atoms with Gasteiger partial charge in [-0.25, -0.2) is 4.79 Å². The average Bonchev–Trinajstić information content (AvgIpc) is 2.63. The zero-order chi connectivity index (χ0) is 15.8. The van der Waals surface area contributed by atoms with Crippen LogP contribution in [0.5, 0.6) is 5.75 Å². The van der Waals surface area contributed by atoms with Gasteiger partial charge in [-0.15, -0.1) is 11.3 Å². The number of thiophene rings is 1. The van der Waals surface area contributed by atoms with E-state index in [0.717, 1.165) is 0 Å². The van der Waals surface area contributed by atoms with Gasteiger partial charge in [-0.2, -0.15) is 21.6 Å². The van der Waals surface area contributed by atoms with Crippen LogP contribution < -0.4 is 4.18 Å². The molecule has 1 aromatic rings. The predicted molar refractivity (Wildman–Crippen MR) is 64.5 cm³/mol. The fourth-order valence-electron chi connectivity index (χ4n) is 1.35. The molecule has 2 heterocycles. The standard InChI is InChI=1S/C9H6ClF3O6S2/c10-21(15,16)19-6-4(9(11,12)13)3-20-7(6)8(14)18-5-1-2-17-5/h3,5H,1-2H2. The maximum atomic E-state index is 12.8. The molecule has 0 N–H and O–H groups in total. The van der Waals surface area contributed by atoms with E-state index in [1.807, 2.05) is 0 Å². The van der Waals surface area contributed by atoms with Crippen molar-refractivity contribution in [1.29, 1.82) is 0 Å².